The Balaban J connectivity index is 1.21. The van der Waals surface area contributed by atoms with Crippen LogP contribution in [0.25, 0.3) is 0 Å². The lowest BCUT2D eigenvalue weighted by atomic mass is 9.80. The van der Waals surface area contributed by atoms with Crippen LogP contribution in [0.5, 0.6) is 11.5 Å². The molecule has 6 rings (SSSR count). The maximum Gasteiger partial charge on any atom is 0.307 e. The van der Waals surface area contributed by atoms with Crippen LogP contribution in [-0.2, 0) is 144 Å². The van der Waals surface area contributed by atoms with Crippen LogP contribution in [-0.4, -0.2) is 278 Å². The first kappa shape index (κ1) is 114. The third kappa shape index (κ3) is 39.7. The number of nitrogens with zero attached hydrogens (tertiary/aromatic N) is 2. The molecule has 3 fully saturated rings. The Hall–Kier alpha value is -10.8. The minimum atomic E-state index is -1.65. The fraction of sp³-hybridized carbons (Fsp3) is 0.663. The van der Waals surface area contributed by atoms with Crippen molar-refractivity contribution in [2.75, 3.05) is 99.7 Å². The first-order valence-electron chi connectivity index (χ1n) is 47.3. The van der Waals surface area contributed by atoms with Crippen LogP contribution in [0.4, 0.5) is 0 Å². The van der Waals surface area contributed by atoms with E-state index < -0.39 is 157 Å². The third-order valence-electron chi connectivity index (χ3n) is 23.5. The molecule has 136 heavy (non-hydrogen) atoms. The van der Waals surface area contributed by atoms with E-state index in [0.29, 0.717) is 112 Å². The fourth-order valence-electron chi connectivity index (χ4n) is 16.7. The zero-order chi connectivity index (χ0) is 99.8. The van der Waals surface area contributed by atoms with E-state index in [1.54, 1.807) is 64.2 Å². The molecule has 0 bridgehead atoms. The van der Waals surface area contributed by atoms with Gasteiger partial charge in [0.1, 0.15) is 79.3 Å². The van der Waals surface area contributed by atoms with Gasteiger partial charge in [0.25, 0.3) is 5.91 Å². The van der Waals surface area contributed by atoms with Crippen LogP contribution in [0.2, 0.25) is 0 Å². The van der Waals surface area contributed by atoms with Gasteiger partial charge in [-0.15, -0.1) is 0 Å². The summed E-state index contributed by atoms with van der Waals surface area (Å²) in [6, 6.07) is 21.5. The summed E-state index contributed by atoms with van der Waals surface area (Å²) < 4.78 is 94.3. The summed E-state index contributed by atoms with van der Waals surface area (Å²) in [6.45, 7) is 18.1. The molecule has 3 heterocycles. The molecule has 5 N–H and O–H groups in total. The van der Waals surface area contributed by atoms with Gasteiger partial charge < -0.3 is 117 Å². The van der Waals surface area contributed by atoms with E-state index in [1.807, 2.05) is 54.6 Å². The highest BCUT2D eigenvalue weighted by Crippen LogP contribution is 2.43. The van der Waals surface area contributed by atoms with Crippen molar-refractivity contribution in [3.05, 3.63) is 95.6 Å². The molecule has 0 aliphatic carbocycles. The van der Waals surface area contributed by atoms with Gasteiger partial charge in [0.05, 0.1) is 45.4 Å². The molecule has 758 valence electrons. The molecule has 7 unspecified atom stereocenters. The summed E-state index contributed by atoms with van der Waals surface area (Å²) in [7, 11) is 3.08. The number of hydrogen-bond donors (Lipinski definition) is 5. The van der Waals surface area contributed by atoms with E-state index >= 15 is 4.79 Å². The lowest BCUT2D eigenvalue weighted by molar-refractivity contribution is -0.262. The van der Waals surface area contributed by atoms with E-state index in [1.165, 1.54) is 74.1 Å². The summed E-state index contributed by atoms with van der Waals surface area (Å²) in [5, 5.41) is 14.5. The highest BCUT2D eigenvalue weighted by Gasteiger charge is 2.51. The highest BCUT2D eigenvalue weighted by atomic mass is 16.7. The molecule has 3 aromatic rings. The fourth-order valence-corrected chi connectivity index (χ4v) is 16.7. The van der Waals surface area contributed by atoms with Crippen molar-refractivity contribution >= 4 is 88.9 Å². The molecule has 3 saturated heterocycles. The predicted octanol–water partition coefficient (Wildman–Crippen LogP) is 8.34. The van der Waals surface area contributed by atoms with Crippen molar-refractivity contribution in [2.24, 2.45) is 17.8 Å². The number of hydrogen-bond acceptors (Lipinski definition) is 31. The Kier molecular flexibility index (Phi) is 50.9. The van der Waals surface area contributed by atoms with E-state index in [9.17, 15) is 67.1 Å². The number of esters is 7. The predicted molar refractivity (Wildman–Crippen MR) is 491 cm³/mol. The average molecular weight is 1920 g/mol. The number of Topliss-reactive ketones (excluding diaryl/α,β-unsaturated/α-hetero) is 1. The van der Waals surface area contributed by atoms with Crippen molar-refractivity contribution in [1.82, 2.24) is 36.4 Å². The van der Waals surface area contributed by atoms with Crippen LogP contribution < -0.4 is 36.1 Å². The van der Waals surface area contributed by atoms with Gasteiger partial charge in [-0.25, -0.2) is 0 Å². The molecular weight excluding hydrogens is 1770 g/mol. The van der Waals surface area contributed by atoms with Crippen LogP contribution >= 0.6 is 0 Å². The summed E-state index contributed by atoms with van der Waals surface area (Å²) in [4.78, 5) is 197. The van der Waals surface area contributed by atoms with Gasteiger partial charge in [0, 0.05) is 165 Å². The van der Waals surface area contributed by atoms with Gasteiger partial charge in [-0.2, -0.15) is 0 Å². The normalized spacial score (nSPS) is 21.5. The van der Waals surface area contributed by atoms with E-state index in [-0.39, 0.29) is 165 Å². The second-order valence-electron chi connectivity index (χ2n) is 34.6. The van der Waals surface area contributed by atoms with Gasteiger partial charge >= 0.3 is 41.8 Å². The minimum absolute atomic E-state index is 0.000199. The van der Waals surface area contributed by atoms with Crippen LogP contribution in [0.3, 0.4) is 0 Å². The molecule has 3 aromatic carbocycles. The summed E-state index contributed by atoms with van der Waals surface area (Å²) in [6.07, 6.45) is -2.39. The van der Waals surface area contributed by atoms with Gasteiger partial charge in [-0.3, -0.25) is 67.1 Å². The number of ether oxygens (including phenoxy) is 16. The Labute approximate surface area is 797 Å². The molecule has 0 radical (unpaired) electrons. The van der Waals surface area contributed by atoms with Crippen molar-refractivity contribution in [2.45, 2.75) is 304 Å². The monoisotopic (exact) mass is 1920 g/mol. The minimum Gasteiger partial charge on any atom is -0.497 e. The Morgan fingerprint density at radius 3 is 1.08 bits per heavy atom. The van der Waals surface area contributed by atoms with Crippen LogP contribution in [0, 0.1) is 17.8 Å². The van der Waals surface area contributed by atoms with Crippen molar-refractivity contribution < 1.29 is 148 Å². The first-order valence-corrected chi connectivity index (χ1v) is 47.3. The second-order valence-corrected chi connectivity index (χ2v) is 34.6. The van der Waals surface area contributed by atoms with Crippen molar-refractivity contribution in [3.63, 3.8) is 0 Å². The van der Waals surface area contributed by atoms with Gasteiger partial charge in [-0.1, -0.05) is 114 Å². The van der Waals surface area contributed by atoms with Gasteiger partial charge in [0.15, 0.2) is 18.9 Å². The molecule has 0 saturated carbocycles. The lowest BCUT2D eigenvalue weighted by Crippen LogP contribution is -2.62. The van der Waals surface area contributed by atoms with Crippen LogP contribution in [0.15, 0.2) is 78.9 Å². The molecule has 38 heteroatoms. The van der Waals surface area contributed by atoms with Crippen molar-refractivity contribution in [1.29, 1.82) is 0 Å². The third-order valence-corrected chi connectivity index (χ3v) is 23.5. The molecule has 7 amide bonds. The maximum atomic E-state index is 15.9. The number of ketones is 1. The number of amides is 7. The molecule has 3 aliphatic heterocycles. The summed E-state index contributed by atoms with van der Waals surface area (Å²) in [5.41, 5.74) is 0.343. The number of rotatable bonds is 61. The smallest absolute Gasteiger partial charge is 0.307 e. The zero-order valence-corrected chi connectivity index (χ0v) is 81.6. The van der Waals surface area contributed by atoms with Gasteiger partial charge in [-0.05, 0) is 106 Å². The summed E-state index contributed by atoms with van der Waals surface area (Å²) >= 11 is 0. The number of nitrogens with one attached hydrogen (secondary N) is 5. The Morgan fingerprint density at radius 2 is 0.728 bits per heavy atom. The standard InChI is InChI=1S/C98H145N7O31/c1-62(106)39-48-87(119)133-83(61-129-98(75-34-23-22-24-35-75,76-40-44-78(121-14)45-41-76)77-42-46-79(122-15)47-43-77)94(120)105(52-32-50-100-85(117)37-26-17-20-29-56-124-96-89(102-67(6)108)64(3)92(131-73(12)114)81(135-96)59-127-70(9)111)54-33-53-104(86(118)38-27-18-21-30-57-125-97-90(103-68(7)109)65(4)93(132-74(13)115)82(136-97)60-128-71(10)112)51-31-49-99-84(116)36-25-16-19-28-55-123-95-88(101-66(5)107)63(2)91(130-72(11)113)80(134-95)58-126-69(8)110/h22-24,34-35,40-47,63-65,80-83,88-93,95-97H,16-21,25-33,36-39,48-61H2,1-15H3,(H,99,116)(H,100,117)(H,101,107)(H,102,108)(H,103,109)/t63-,64-,65-,80?,81?,82?,83?,88?,89?,90?,91-,92-,93-,95-,96-,97-/m1/s1. The topological polar surface area (TPSA) is 470 Å². The largest absolute Gasteiger partial charge is 0.497 e. The number of unbranched alkanes of at least 4 members (excludes halogenated alkanes) is 9. The SMILES string of the molecule is COc1ccc(C(OCC(OC(=O)CCC(C)=O)C(=O)N(CCCNC(=O)CCCCCCO[C@@H]2OC(COC(C)=O)[C@H](OC(C)=O)[C@H](C)C2NC(C)=O)CCCN(CCCNC(=O)CCCCCCO[C@@H]2OC(COC(C)=O)[C@H](OC(C)=O)[C@H](C)C2NC(C)=O)C(=O)CCCCCCO[C@@H]2OC(COC(C)=O)[C@H](OC(C)=O)[C@H](C)C2NC(C)=O)(c2ccccc2)c2ccc(OC)cc2)cc1. The Morgan fingerprint density at radius 1 is 0.382 bits per heavy atom. The van der Waals surface area contributed by atoms with E-state index in [0.717, 1.165) is 0 Å². The Bertz CT molecular complexity index is 4220. The molecule has 38 nitrogen and oxygen atoms in total. The first-order chi connectivity index (χ1) is 64.9. The van der Waals surface area contributed by atoms with E-state index in [4.69, 9.17) is 75.8 Å². The molecule has 3 aliphatic rings. The quantitative estimate of drug-likeness (QED) is 0.0153. The van der Waals surface area contributed by atoms with Crippen molar-refractivity contribution in [3.8, 4) is 11.5 Å². The average Bonchev–Trinajstić information content (AvgIpc) is 0.750. The zero-order valence-electron chi connectivity index (χ0n) is 81.6. The van der Waals surface area contributed by atoms with E-state index in [2.05, 4.69) is 26.6 Å². The number of benzene rings is 3. The molecule has 16 atom stereocenters. The van der Waals surface area contributed by atoms with Gasteiger partial charge in [0.2, 0.25) is 41.5 Å². The number of methoxy groups -OCH3 is 2. The molecular formula is C98H145N7O31. The van der Waals surface area contributed by atoms with Crippen LogP contribution in [0.1, 0.15) is 235 Å². The molecule has 0 spiro atoms. The lowest BCUT2D eigenvalue weighted by Gasteiger charge is -2.44. The maximum absolute atomic E-state index is 15.9. The summed E-state index contributed by atoms with van der Waals surface area (Å²) in [5.74, 6) is -7.47. The number of carbonyl (C=O) groups is 15. The highest BCUT2D eigenvalue weighted by molar-refractivity contribution is 5.86. The molecule has 0 aromatic heterocycles. The second kappa shape index (κ2) is 60.7. The number of carbonyl (C=O) groups excluding carboxylic acids is 15.